The number of aromatic nitrogens is 4. The Morgan fingerprint density at radius 2 is 2.09 bits per heavy atom. The number of pyridine rings is 1. The Labute approximate surface area is 182 Å². The molecule has 1 saturated heterocycles. The van der Waals surface area contributed by atoms with E-state index in [0.29, 0.717) is 24.6 Å². The van der Waals surface area contributed by atoms with Crippen molar-refractivity contribution in [1.29, 1.82) is 0 Å². The predicted molar refractivity (Wildman–Crippen MR) is 111 cm³/mol. The van der Waals surface area contributed by atoms with Crippen molar-refractivity contribution in [2.24, 2.45) is 0 Å². The number of carbonyl (C=O) groups is 2. The van der Waals surface area contributed by atoms with E-state index in [9.17, 15) is 18.8 Å². The maximum atomic E-state index is 13.1. The molecule has 0 saturated carbocycles. The normalized spacial score (nSPS) is 14.4. The summed E-state index contributed by atoms with van der Waals surface area (Å²) in [5, 5.41) is 7.00. The lowest BCUT2D eigenvalue weighted by Gasteiger charge is -2.19. The van der Waals surface area contributed by atoms with Gasteiger partial charge in [0, 0.05) is 31.4 Å². The molecule has 0 aliphatic carbocycles. The zero-order chi connectivity index (χ0) is 22.7. The summed E-state index contributed by atoms with van der Waals surface area (Å²) in [6, 6.07) is 4.26. The average Bonchev–Trinajstić information content (AvgIpc) is 3.24. The van der Waals surface area contributed by atoms with Crippen LogP contribution in [-0.4, -0.2) is 50.9 Å². The van der Waals surface area contributed by atoms with Crippen LogP contribution in [0.15, 0.2) is 35.4 Å². The molecule has 10 nitrogen and oxygen atoms in total. The molecule has 0 unspecified atom stereocenters. The Bertz CT molecular complexity index is 1200. The highest BCUT2D eigenvalue weighted by molar-refractivity contribution is 5.91. The van der Waals surface area contributed by atoms with E-state index in [1.165, 1.54) is 22.9 Å². The molecule has 1 fully saturated rings. The molecule has 0 radical (unpaired) electrons. The van der Waals surface area contributed by atoms with E-state index in [1.54, 1.807) is 13.0 Å². The number of nitrogens with zero attached hydrogens (tertiary/aromatic N) is 4. The van der Waals surface area contributed by atoms with Gasteiger partial charge < -0.3 is 19.4 Å². The molecule has 168 valence electrons. The number of hydrogen-bond donors (Lipinski definition) is 1. The van der Waals surface area contributed by atoms with E-state index in [1.807, 2.05) is 0 Å². The quantitative estimate of drug-likeness (QED) is 0.577. The first kappa shape index (κ1) is 21.6. The minimum absolute atomic E-state index is 0.0967. The van der Waals surface area contributed by atoms with Crippen molar-refractivity contribution in [2.45, 2.75) is 32.2 Å². The molecular weight excluding hydrogens is 421 g/mol. The minimum Gasteiger partial charge on any atom is -0.462 e. The molecule has 0 atom stereocenters. The zero-order valence-corrected chi connectivity index (χ0v) is 17.4. The van der Waals surface area contributed by atoms with Gasteiger partial charge in [-0.3, -0.25) is 9.59 Å². The lowest BCUT2D eigenvalue weighted by Crippen LogP contribution is -2.29. The van der Waals surface area contributed by atoms with E-state index in [2.05, 4.69) is 15.4 Å². The largest absolute Gasteiger partial charge is 0.462 e. The number of anilines is 1. The van der Waals surface area contributed by atoms with Crippen LogP contribution in [0.4, 0.5) is 10.2 Å². The Balaban J connectivity index is 1.71. The first-order valence-electron chi connectivity index (χ1n) is 10.3. The number of carbonyl (C=O) groups excluding carboxylic acids is 2. The van der Waals surface area contributed by atoms with Crippen molar-refractivity contribution >= 4 is 23.3 Å². The van der Waals surface area contributed by atoms with Crippen LogP contribution in [0.2, 0.25) is 0 Å². The number of amides is 1. The van der Waals surface area contributed by atoms with E-state index in [-0.39, 0.29) is 30.5 Å². The summed E-state index contributed by atoms with van der Waals surface area (Å²) in [7, 11) is 0. The van der Waals surface area contributed by atoms with Crippen molar-refractivity contribution in [3.8, 4) is 0 Å². The van der Waals surface area contributed by atoms with Gasteiger partial charge in [0.2, 0.25) is 5.91 Å². The minimum atomic E-state index is -0.795. The molecule has 0 aromatic carbocycles. The zero-order valence-electron chi connectivity index (χ0n) is 17.4. The Kier molecular flexibility index (Phi) is 6.26. The van der Waals surface area contributed by atoms with Gasteiger partial charge in [0.25, 0.3) is 5.56 Å². The molecule has 4 heterocycles. The Hall–Kier alpha value is -3.60. The third kappa shape index (κ3) is 4.52. The molecule has 11 heteroatoms. The van der Waals surface area contributed by atoms with Gasteiger partial charge in [-0.05, 0) is 31.9 Å². The first-order chi connectivity index (χ1) is 15.5. The highest BCUT2D eigenvalue weighted by Gasteiger charge is 2.23. The van der Waals surface area contributed by atoms with Gasteiger partial charge in [-0.25, -0.2) is 14.2 Å². The second kappa shape index (κ2) is 9.27. The van der Waals surface area contributed by atoms with Crippen LogP contribution in [0.5, 0.6) is 0 Å². The van der Waals surface area contributed by atoms with Crippen LogP contribution in [0, 0.1) is 5.82 Å². The SMILES string of the molecule is CCOC(=O)c1cn(CC(=O)Nc2ccc(F)cn2)c2cc(C3CCOCC3)nn2c1=O. The van der Waals surface area contributed by atoms with Gasteiger partial charge in [0.05, 0.1) is 18.5 Å². The number of halogens is 1. The molecule has 3 aromatic rings. The number of fused-ring (bicyclic) bond motifs is 1. The van der Waals surface area contributed by atoms with Crippen LogP contribution >= 0.6 is 0 Å². The highest BCUT2D eigenvalue weighted by atomic mass is 19.1. The highest BCUT2D eigenvalue weighted by Crippen LogP contribution is 2.26. The molecule has 4 rings (SSSR count). The standard InChI is InChI=1S/C21H22FN5O5/c1-2-32-21(30)15-11-26(12-18(28)24-17-4-3-14(22)10-23-17)19-9-16(25-27(19)20(15)29)13-5-7-31-8-6-13/h3-4,9-11,13H,2,5-8,12H2,1H3,(H,23,24,28). The first-order valence-corrected chi connectivity index (χ1v) is 10.3. The van der Waals surface area contributed by atoms with Crippen LogP contribution < -0.4 is 10.9 Å². The Morgan fingerprint density at radius 3 is 2.78 bits per heavy atom. The van der Waals surface area contributed by atoms with Crippen molar-refractivity contribution < 1.29 is 23.5 Å². The summed E-state index contributed by atoms with van der Waals surface area (Å²) in [4.78, 5) is 41.7. The third-order valence-electron chi connectivity index (χ3n) is 5.16. The van der Waals surface area contributed by atoms with Crippen molar-refractivity contribution in [3.05, 3.63) is 58.0 Å². The van der Waals surface area contributed by atoms with E-state index >= 15 is 0 Å². The van der Waals surface area contributed by atoms with E-state index < -0.39 is 23.3 Å². The summed E-state index contributed by atoms with van der Waals surface area (Å²) in [5.74, 6) is -1.51. The lowest BCUT2D eigenvalue weighted by atomic mass is 9.97. The fraction of sp³-hybridized carbons (Fsp3) is 0.381. The van der Waals surface area contributed by atoms with Crippen LogP contribution in [0.1, 0.15) is 41.7 Å². The summed E-state index contributed by atoms with van der Waals surface area (Å²) in [5.41, 5.74) is 0.217. The van der Waals surface area contributed by atoms with Gasteiger partial charge in [0.1, 0.15) is 29.4 Å². The number of esters is 1. The van der Waals surface area contributed by atoms with Gasteiger partial charge in [0.15, 0.2) is 0 Å². The van der Waals surface area contributed by atoms with Crippen LogP contribution in [-0.2, 0) is 20.8 Å². The van der Waals surface area contributed by atoms with Gasteiger partial charge >= 0.3 is 5.97 Å². The van der Waals surface area contributed by atoms with Crippen LogP contribution in [0.3, 0.4) is 0 Å². The second-order valence-corrected chi connectivity index (χ2v) is 7.33. The summed E-state index contributed by atoms with van der Waals surface area (Å²) >= 11 is 0. The molecule has 1 aliphatic rings. The van der Waals surface area contributed by atoms with E-state index in [0.717, 1.165) is 23.6 Å². The Morgan fingerprint density at radius 1 is 1.31 bits per heavy atom. The molecular formula is C21H22FN5O5. The lowest BCUT2D eigenvalue weighted by molar-refractivity contribution is -0.116. The van der Waals surface area contributed by atoms with Crippen molar-refractivity contribution in [1.82, 2.24) is 19.2 Å². The topological polar surface area (TPSA) is 117 Å². The fourth-order valence-electron chi connectivity index (χ4n) is 3.59. The third-order valence-corrected chi connectivity index (χ3v) is 5.16. The van der Waals surface area contributed by atoms with Crippen LogP contribution in [0.25, 0.3) is 5.65 Å². The summed E-state index contributed by atoms with van der Waals surface area (Å²) in [6.45, 7) is 2.71. The van der Waals surface area contributed by atoms with E-state index in [4.69, 9.17) is 9.47 Å². The summed E-state index contributed by atoms with van der Waals surface area (Å²) < 4.78 is 26.0. The number of rotatable bonds is 6. The summed E-state index contributed by atoms with van der Waals surface area (Å²) in [6.07, 6.45) is 3.81. The molecule has 32 heavy (non-hydrogen) atoms. The maximum absolute atomic E-state index is 13.1. The number of nitrogens with one attached hydrogen (secondary N) is 1. The van der Waals surface area contributed by atoms with Gasteiger partial charge in [-0.15, -0.1) is 0 Å². The average molecular weight is 443 g/mol. The van der Waals surface area contributed by atoms with Crippen molar-refractivity contribution in [2.75, 3.05) is 25.1 Å². The molecule has 0 bridgehead atoms. The smallest absolute Gasteiger partial charge is 0.345 e. The van der Waals surface area contributed by atoms with Gasteiger partial charge in [-0.1, -0.05) is 0 Å². The molecule has 1 aliphatic heterocycles. The monoisotopic (exact) mass is 443 g/mol. The fourth-order valence-corrected chi connectivity index (χ4v) is 3.59. The number of hydrogen-bond acceptors (Lipinski definition) is 7. The molecule has 1 N–H and O–H groups in total. The second-order valence-electron chi connectivity index (χ2n) is 7.33. The molecule has 0 spiro atoms. The maximum Gasteiger partial charge on any atom is 0.345 e. The molecule has 3 aromatic heterocycles. The van der Waals surface area contributed by atoms with Crippen molar-refractivity contribution in [3.63, 3.8) is 0 Å². The molecule has 1 amide bonds. The predicted octanol–water partition coefficient (Wildman–Crippen LogP) is 1.74. The van der Waals surface area contributed by atoms with Gasteiger partial charge in [-0.2, -0.15) is 9.61 Å². The number of ether oxygens (including phenoxy) is 2.